The van der Waals surface area contributed by atoms with Gasteiger partial charge in [0.25, 0.3) is 0 Å². The van der Waals surface area contributed by atoms with Gasteiger partial charge < -0.3 is 15.0 Å². The van der Waals surface area contributed by atoms with Gasteiger partial charge in [0.1, 0.15) is 11.8 Å². The second kappa shape index (κ2) is 11.0. The molecule has 1 aromatic carbocycles. The summed E-state index contributed by atoms with van der Waals surface area (Å²) in [5.74, 6) is 2.59. The van der Waals surface area contributed by atoms with Crippen molar-refractivity contribution in [2.24, 2.45) is 0 Å². The molecule has 1 aromatic heterocycles. The lowest BCUT2D eigenvalue weighted by atomic mass is 9.92. The Bertz CT molecular complexity index is 1130. The summed E-state index contributed by atoms with van der Waals surface area (Å²) >= 11 is 0. The van der Waals surface area contributed by atoms with Crippen LogP contribution in [0.3, 0.4) is 0 Å². The predicted octanol–water partition coefficient (Wildman–Crippen LogP) is 4.56. The van der Waals surface area contributed by atoms with Crippen molar-refractivity contribution in [1.82, 2.24) is 15.2 Å². The van der Waals surface area contributed by atoms with Crippen molar-refractivity contribution < 1.29 is 22.7 Å². The molecule has 0 unspecified atom stereocenters. The fourth-order valence-corrected chi connectivity index (χ4v) is 4.96. The zero-order valence-electron chi connectivity index (χ0n) is 19.7. The minimum Gasteiger partial charge on any atom is -0.490 e. The van der Waals surface area contributed by atoms with Crippen LogP contribution in [0.5, 0.6) is 5.75 Å². The Hall–Kier alpha value is -3.56. The van der Waals surface area contributed by atoms with Gasteiger partial charge in [-0.1, -0.05) is 12.0 Å². The molecule has 0 radical (unpaired) electrons. The lowest BCUT2D eigenvalue weighted by molar-refractivity contribution is -0.137. The molecule has 0 spiro atoms. The maximum absolute atomic E-state index is 13.8. The lowest BCUT2D eigenvalue weighted by Crippen LogP contribution is -2.47. The van der Waals surface area contributed by atoms with E-state index in [4.69, 9.17) is 11.2 Å². The highest BCUT2D eigenvalue weighted by molar-refractivity contribution is 5.80. The van der Waals surface area contributed by atoms with Gasteiger partial charge in [-0.3, -0.25) is 9.78 Å². The molecule has 9 heteroatoms. The van der Waals surface area contributed by atoms with Crippen LogP contribution in [0.2, 0.25) is 0 Å². The molecule has 1 aliphatic carbocycles. The molecule has 2 aromatic rings. The van der Waals surface area contributed by atoms with E-state index in [0.717, 1.165) is 18.9 Å². The minimum atomic E-state index is -4.52. The third-order valence-corrected chi connectivity index (χ3v) is 6.82. The Morgan fingerprint density at radius 1 is 1.11 bits per heavy atom. The number of rotatable bonds is 6. The van der Waals surface area contributed by atoms with E-state index < -0.39 is 17.8 Å². The van der Waals surface area contributed by atoms with Crippen LogP contribution in [-0.2, 0) is 11.0 Å². The fraction of sp³-hybridized carbons (Fsp3) is 0.444. The van der Waals surface area contributed by atoms with E-state index in [0.29, 0.717) is 31.2 Å². The monoisotopic (exact) mass is 496 g/mol. The summed E-state index contributed by atoms with van der Waals surface area (Å²) in [4.78, 5) is 18.0. The SMILES string of the molecule is C#C[C@H]1CC[C@@H](C#N)N1C(=O)CNC1CCC(Oc2ccc(-c3ccncc3)c(C(F)(F)F)c2)CC1. The molecule has 0 bridgehead atoms. The second-order valence-corrected chi connectivity index (χ2v) is 9.12. The molecule has 2 aliphatic rings. The van der Waals surface area contributed by atoms with Gasteiger partial charge in [-0.25, -0.2) is 0 Å². The van der Waals surface area contributed by atoms with Crippen molar-refractivity contribution in [3.63, 3.8) is 0 Å². The van der Waals surface area contributed by atoms with Crippen LogP contribution in [0.25, 0.3) is 11.1 Å². The number of hydrogen-bond acceptors (Lipinski definition) is 5. The molecule has 1 N–H and O–H groups in total. The number of carbonyl (C=O) groups excluding carboxylic acids is 1. The number of pyridine rings is 1. The van der Waals surface area contributed by atoms with E-state index >= 15 is 0 Å². The molecule has 1 aliphatic heterocycles. The van der Waals surface area contributed by atoms with Crippen LogP contribution >= 0.6 is 0 Å². The standard InChI is InChI=1S/C27H27F3N4O2/c1-2-20-5-6-21(16-31)34(20)26(35)17-33-19-3-7-22(8-4-19)36-23-9-10-24(18-11-13-32-14-12-18)25(15-23)27(28,29)30/h1,9-15,19-22,33H,3-8,17H2/t19?,20-,21-,22?/m0/s1. The van der Waals surface area contributed by atoms with Crippen LogP contribution in [0, 0.1) is 23.7 Å². The number of benzene rings is 1. The molecule has 2 fully saturated rings. The van der Waals surface area contributed by atoms with E-state index in [-0.39, 0.29) is 42.0 Å². The average molecular weight is 497 g/mol. The molecule has 2 atom stereocenters. The normalized spacial score (nSPS) is 24.1. The molecular weight excluding hydrogens is 469 g/mol. The number of hydrogen-bond donors (Lipinski definition) is 1. The summed E-state index contributed by atoms with van der Waals surface area (Å²) in [5.41, 5.74) is -0.227. The number of likely N-dealkylation sites (tertiary alicyclic amines) is 1. The van der Waals surface area contributed by atoms with Gasteiger partial charge in [0, 0.05) is 18.4 Å². The van der Waals surface area contributed by atoms with E-state index in [9.17, 15) is 23.2 Å². The number of alkyl halides is 3. The third-order valence-electron chi connectivity index (χ3n) is 6.82. The van der Waals surface area contributed by atoms with Gasteiger partial charge in [-0.15, -0.1) is 6.42 Å². The molecular formula is C27H27F3N4O2. The molecule has 188 valence electrons. The Labute approximate surface area is 208 Å². The number of carbonyl (C=O) groups is 1. The molecule has 2 heterocycles. The van der Waals surface area contributed by atoms with Gasteiger partial charge in [0.2, 0.25) is 5.91 Å². The van der Waals surface area contributed by atoms with Crippen LogP contribution in [0.1, 0.15) is 44.1 Å². The Kier molecular flexibility index (Phi) is 7.81. The first-order chi connectivity index (χ1) is 17.3. The number of terminal acetylenes is 1. The number of amides is 1. The van der Waals surface area contributed by atoms with Gasteiger partial charge >= 0.3 is 6.18 Å². The van der Waals surface area contributed by atoms with Crippen molar-refractivity contribution in [2.75, 3.05) is 6.54 Å². The smallest absolute Gasteiger partial charge is 0.417 e. The summed E-state index contributed by atoms with van der Waals surface area (Å²) < 4.78 is 47.2. The van der Waals surface area contributed by atoms with Gasteiger partial charge in [-0.05, 0) is 73.9 Å². The summed E-state index contributed by atoms with van der Waals surface area (Å²) in [6, 6.07) is 8.53. The molecule has 1 amide bonds. The number of halogens is 3. The van der Waals surface area contributed by atoms with E-state index in [1.165, 1.54) is 23.4 Å². The first-order valence-electron chi connectivity index (χ1n) is 12.0. The van der Waals surface area contributed by atoms with Crippen molar-refractivity contribution in [2.45, 2.75) is 68.9 Å². The summed E-state index contributed by atoms with van der Waals surface area (Å²) in [6.45, 7) is 0.0952. The van der Waals surface area contributed by atoms with Gasteiger partial charge in [0.05, 0.1) is 30.3 Å². The van der Waals surface area contributed by atoms with Crippen LogP contribution in [0.15, 0.2) is 42.7 Å². The van der Waals surface area contributed by atoms with E-state index in [1.807, 2.05) is 0 Å². The van der Waals surface area contributed by atoms with E-state index in [2.05, 4.69) is 22.3 Å². The van der Waals surface area contributed by atoms with Gasteiger partial charge in [-0.2, -0.15) is 18.4 Å². The molecule has 36 heavy (non-hydrogen) atoms. The second-order valence-electron chi connectivity index (χ2n) is 9.12. The largest absolute Gasteiger partial charge is 0.490 e. The predicted molar refractivity (Wildman–Crippen MR) is 127 cm³/mol. The fourth-order valence-electron chi connectivity index (χ4n) is 4.96. The van der Waals surface area contributed by atoms with Crippen molar-refractivity contribution >= 4 is 5.91 Å². The summed E-state index contributed by atoms with van der Waals surface area (Å²) in [6.07, 6.45) is 7.65. The molecule has 1 saturated carbocycles. The third kappa shape index (κ3) is 5.80. The zero-order valence-corrected chi connectivity index (χ0v) is 19.7. The van der Waals surface area contributed by atoms with Crippen LogP contribution in [0.4, 0.5) is 13.2 Å². The average Bonchev–Trinajstić information content (AvgIpc) is 3.31. The number of aromatic nitrogens is 1. The number of nitriles is 1. The Morgan fingerprint density at radius 2 is 1.81 bits per heavy atom. The van der Waals surface area contributed by atoms with Crippen LogP contribution in [-0.4, -0.2) is 46.6 Å². The number of ether oxygens (including phenoxy) is 1. The quantitative estimate of drug-likeness (QED) is 0.593. The minimum absolute atomic E-state index is 0.0820. The van der Waals surface area contributed by atoms with Crippen molar-refractivity contribution in [3.05, 3.63) is 48.3 Å². The number of nitrogens with one attached hydrogen (secondary N) is 1. The molecule has 1 saturated heterocycles. The highest BCUT2D eigenvalue weighted by Crippen LogP contribution is 2.39. The highest BCUT2D eigenvalue weighted by atomic mass is 19.4. The Balaban J connectivity index is 1.32. The first kappa shape index (κ1) is 25.5. The molecule has 4 rings (SSSR count). The number of nitrogens with zero attached hydrogens (tertiary/aromatic N) is 3. The molecule has 6 nitrogen and oxygen atoms in total. The highest BCUT2D eigenvalue weighted by Gasteiger charge is 2.36. The van der Waals surface area contributed by atoms with Gasteiger partial charge in [0.15, 0.2) is 0 Å². The van der Waals surface area contributed by atoms with Crippen LogP contribution < -0.4 is 10.1 Å². The summed E-state index contributed by atoms with van der Waals surface area (Å²) in [5, 5.41) is 12.5. The topological polar surface area (TPSA) is 78.2 Å². The van der Waals surface area contributed by atoms with Crippen molar-refractivity contribution in [1.29, 1.82) is 5.26 Å². The first-order valence-corrected chi connectivity index (χ1v) is 12.0. The lowest BCUT2D eigenvalue weighted by Gasteiger charge is -2.31. The Morgan fingerprint density at radius 3 is 2.44 bits per heavy atom. The summed E-state index contributed by atoms with van der Waals surface area (Å²) in [7, 11) is 0. The van der Waals surface area contributed by atoms with Crippen molar-refractivity contribution in [3.8, 4) is 35.3 Å². The zero-order chi connectivity index (χ0) is 25.7. The maximum Gasteiger partial charge on any atom is 0.417 e. The van der Waals surface area contributed by atoms with E-state index in [1.54, 1.807) is 18.2 Å². The maximum atomic E-state index is 13.8.